The zero-order valence-corrected chi connectivity index (χ0v) is 11.2. The van der Waals surface area contributed by atoms with E-state index in [1.54, 1.807) is 4.90 Å². The van der Waals surface area contributed by atoms with Crippen LogP contribution in [0, 0.1) is 5.92 Å². The largest absolute Gasteiger partial charge is 0.368 e. The molecule has 1 aliphatic heterocycles. The highest BCUT2D eigenvalue weighted by atomic mass is 16.2. The van der Waals surface area contributed by atoms with E-state index in [9.17, 15) is 4.79 Å². The van der Waals surface area contributed by atoms with Gasteiger partial charge in [-0.3, -0.25) is 9.69 Å². The van der Waals surface area contributed by atoms with E-state index < -0.39 is 0 Å². The summed E-state index contributed by atoms with van der Waals surface area (Å²) in [5.74, 6) is 0.612. The van der Waals surface area contributed by atoms with Crippen LogP contribution in [0.2, 0.25) is 0 Å². The lowest BCUT2D eigenvalue weighted by Gasteiger charge is -2.17. The molecule has 1 saturated heterocycles. The minimum absolute atomic E-state index is 0.00310. The van der Waals surface area contributed by atoms with Crippen molar-refractivity contribution in [3.63, 3.8) is 0 Å². The molecule has 2 aromatic rings. The van der Waals surface area contributed by atoms with Crippen molar-refractivity contribution in [2.45, 2.75) is 6.42 Å². The van der Waals surface area contributed by atoms with Gasteiger partial charge in [0.05, 0.1) is 5.52 Å². The maximum absolute atomic E-state index is 12.2. The maximum Gasteiger partial charge on any atom is 0.228 e. The molecule has 0 aliphatic carbocycles. The second kappa shape index (κ2) is 5.26. The van der Waals surface area contributed by atoms with Crippen molar-refractivity contribution < 1.29 is 4.79 Å². The summed E-state index contributed by atoms with van der Waals surface area (Å²) in [6.45, 7) is 0.773. The SMILES string of the molecule is [N-]=[N+]=NCC1CC(=O)N(c2nc(N)nc3ccccc23)C1. The van der Waals surface area contributed by atoms with Crippen LogP contribution in [0.1, 0.15) is 6.42 Å². The van der Waals surface area contributed by atoms with E-state index in [0.29, 0.717) is 30.8 Å². The number of benzene rings is 1. The minimum atomic E-state index is -0.0450. The Morgan fingerprint density at radius 3 is 3.05 bits per heavy atom. The summed E-state index contributed by atoms with van der Waals surface area (Å²) in [5, 5.41) is 4.32. The average molecular weight is 283 g/mol. The van der Waals surface area contributed by atoms with Crippen molar-refractivity contribution in [3.05, 3.63) is 34.7 Å². The zero-order valence-electron chi connectivity index (χ0n) is 11.2. The van der Waals surface area contributed by atoms with Crippen LogP contribution in [-0.2, 0) is 4.79 Å². The summed E-state index contributed by atoms with van der Waals surface area (Å²) in [7, 11) is 0. The van der Waals surface area contributed by atoms with Crippen LogP contribution in [0.25, 0.3) is 21.3 Å². The Morgan fingerprint density at radius 1 is 1.43 bits per heavy atom. The first-order chi connectivity index (χ1) is 10.2. The molecule has 0 bridgehead atoms. The van der Waals surface area contributed by atoms with Crippen molar-refractivity contribution in [2.24, 2.45) is 11.0 Å². The van der Waals surface area contributed by atoms with Gasteiger partial charge in [0.25, 0.3) is 0 Å². The molecule has 1 aromatic heterocycles. The van der Waals surface area contributed by atoms with Gasteiger partial charge >= 0.3 is 0 Å². The van der Waals surface area contributed by atoms with Crippen LogP contribution < -0.4 is 10.6 Å². The highest BCUT2D eigenvalue weighted by molar-refractivity contribution is 6.02. The molecule has 1 aromatic carbocycles. The van der Waals surface area contributed by atoms with Gasteiger partial charge in [-0.1, -0.05) is 17.2 Å². The zero-order chi connectivity index (χ0) is 14.8. The van der Waals surface area contributed by atoms with Gasteiger partial charge in [0.15, 0.2) is 0 Å². The number of rotatable bonds is 3. The number of nitrogens with zero attached hydrogens (tertiary/aromatic N) is 6. The number of carbonyl (C=O) groups is 1. The lowest BCUT2D eigenvalue weighted by atomic mass is 10.1. The fourth-order valence-corrected chi connectivity index (χ4v) is 2.54. The third kappa shape index (κ3) is 2.44. The third-order valence-electron chi connectivity index (χ3n) is 3.46. The summed E-state index contributed by atoms with van der Waals surface area (Å²) in [6, 6.07) is 7.41. The van der Waals surface area contributed by atoms with E-state index in [4.69, 9.17) is 11.3 Å². The first kappa shape index (κ1) is 13.1. The average Bonchev–Trinajstić information content (AvgIpc) is 2.85. The Kier molecular flexibility index (Phi) is 3.29. The first-order valence-corrected chi connectivity index (χ1v) is 6.52. The van der Waals surface area contributed by atoms with Gasteiger partial charge in [-0.25, -0.2) is 4.98 Å². The second-order valence-electron chi connectivity index (χ2n) is 4.91. The Hall–Kier alpha value is -2.86. The first-order valence-electron chi connectivity index (χ1n) is 6.52. The smallest absolute Gasteiger partial charge is 0.228 e. The van der Waals surface area contributed by atoms with Crippen LogP contribution in [-0.4, -0.2) is 29.0 Å². The van der Waals surface area contributed by atoms with Crippen LogP contribution in [0.5, 0.6) is 0 Å². The lowest BCUT2D eigenvalue weighted by Crippen LogP contribution is -2.26. The molecule has 21 heavy (non-hydrogen) atoms. The van der Waals surface area contributed by atoms with Gasteiger partial charge in [0.2, 0.25) is 11.9 Å². The van der Waals surface area contributed by atoms with Crippen molar-refractivity contribution in [2.75, 3.05) is 23.7 Å². The van der Waals surface area contributed by atoms with Gasteiger partial charge in [-0.2, -0.15) is 4.98 Å². The molecule has 1 amide bonds. The molecule has 2 heterocycles. The van der Waals surface area contributed by atoms with Gasteiger partial charge in [-0.15, -0.1) is 0 Å². The number of aromatic nitrogens is 2. The minimum Gasteiger partial charge on any atom is -0.368 e. The molecular formula is C13H13N7O. The Balaban J connectivity index is 2.00. The molecule has 1 fully saturated rings. The second-order valence-corrected chi connectivity index (χ2v) is 4.91. The molecule has 1 atom stereocenters. The van der Waals surface area contributed by atoms with Crippen LogP contribution in [0.4, 0.5) is 11.8 Å². The van der Waals surface area contributed by atoms with Gasteiger partial charge < -0.3 is 5.73 Å². The molecule has 106 valence electrons. The summed E-state index contributed by atoms with van der Waals surface area (Å²) in [4.78, 5) is 24.9. The number of amides is 1. The normalized spacial score (nSPS) is 18.0. The number of anilines is 2. The van der Waals surface area contributed by atoms with E-state index in [1.165, 1.54) is 0 Å². The molecule has 3 rings (SSSR count). The molecule has 1 unspecified atom stereocenters. The predicted molar refractivity (Wildman–Crippen MR) is 78.4 cm³/mol. The van der Waals surface area contributed by atoms with E-state index in [0.717, 1.165) is 5.39 Å². The number of azide groups is 1. The van der Waals surface area contributed by atoms with Gasteiger partial charge in [-0.05, 0) is 23.6 Å². The van der Waals surface area contributed by atoms with Gasteiger partial charge in [0, 0.05) is 29.8 Å². The van der Waals surface area contributed by atoms with Crippen molar-refractivity contribution in [1.29, 1.82) is 0 Å². The fraction of sp³-hybridized carbons (Fsp3) is 0.308. The molecule has 1 aliphatic rings. The number of para-hydroxylation sites is 1. The van der Waals surface area contributed by atoms with E-state index >= 15 is 0 Å². The number of carbonyl (C=O) groups excluding carboxylic acids is 1. The third-order valence-corrected chi connectivity index (χ3v) is 3.46. The predicted octanol–water partition coefficient (Wildman–Crippen LogP) is 1.88. The molecule has 2 N–H and O–H groups in total. The van der Waals surface area contributed by atoms with Crippen LogP contribution in [0.15, 0.2) is 29.4 Å². The van der Waals surface area contributed by atoms with E-state index in [2.05, 4.69) is 20.0 Å². The highest BCUT2D eigenvalue weighted by Gasteiger charge is 2.32. The number of nitrogens with two attached hydrogens (primary N) is 1. The Morgan fingerprint density at radius 2 is 2.24 bits per heavy atom. The quantitative estimate of drug-likeness (QED) is 0.525. The highest BCUT2D eigenvalue weighted by Crippen LogP contribution is 2.30. The molecule has 8 nitrogen and oxygen atoms in total. The Labute approximate surface area is 120 Å². The lowest BCUT2D eigenvalue weighted by molar-refractivity contribution is -0.117. The standard InChI is InChI=1S/C13H13N7O/c14-13-17-10-4-2-1-3-9(10)12(18-13)20-7-8(5-11(20)21)6-16-19-15/h1-4,8H,5-7H2,(H2,14,17,18). The molecule has 8 heteroatoms. The summed E-state index contributed by atoms with van der Waals surface area (Å²) >= 11 is 0. The van der Waals surface area contributed by atoms with Crippen molar-refractivity contribution in [3.8, 4) is 0 Å². The monoisotopic (exact) mass is 283 g/mol. The van der Waals surface area contributed by atoms with E-state index in [-0.39, 0.29) is 17.8 Å². The molecular weight excluding hydrogens is 270 g/mol. The molecule has 0 radical (unpaired) electrons. The van der Waals surface area contributed by atoms with Crippen LogP contribution >= 0.6 is 0 Å². The topological polar surface area (TPSA) is 121 Å². The number of fused-ring (bicyclic) bond motifs is 1. The fourth-order valence-electron chi connectivity index (χ4n) is 2.54. The number of nitrogen functional groups attached to an aromatic ring is 1. The maximum atomic E-state index is 12.2. The molecule has 0 saturated carbocycles. The Bertz CT molecular complexity index is 753. The van der Waals surface area contributed by atoms with E-state index in [1.807, 2.05) is 24.3 Å². The van der Waals surface area contributed by atoms with Crippen molar-refractivity contribution in [1.82, 2.24) is 9.97 Å². The molecule has 0 spiro atoms. The van der Waals surface area contributed by atoms with Crippen LogP contribution in [0.3, 0.4) is 0 Å². The summed E-state index contributed by atoms with van der Waals surface area (Å²) in [6.07, 6.45) is 0.344. The van der Waals surface area contributed by atoms with Gasteiger partial charge in [0.1, 0.15) is 5.82 Å². The summed E-state index contributed by atoms with van der Waals surface area (Å²) in [5.41, 5.74) is 14.8. The van der Waals surface area contributed by atoms with Crippen molar-refractivity contribution >= 4 is 28.6 Å². The summed E-state index contributed by atoms with van der Waals surface area (Å²) < 4.78 is 0. The number of hydrogen-bond acceptors (Lipinski definition) is 5. The number of hydrogen-bond donors (Lipinski definition) is 1.